The topological polar surface area (TPSA) is 174 Å². The third-order valence-electron chi connectivity index (χ3n) is 8.26. The molecule has 236 valence electrons. The lowest BCUT2D eigenvalue weighted by atomic mass is 9.91. The zero-order valence-electron chi connectivity index (χ0n) is 24.7. The number of rotatable bonds is 11. The van der Waals surface area contributed by atoms with Crippen LogP contribution >= 0.6 is 0 Å². The first-order valence-corrected chi connectivity index (χ1v) is 14.7. The number of aromatic hydroxyl groups is 1. The quantitative estimate of drug-likeness (QED) is 0.137. The van der Waals surface area contributed by atoms with E-state index in [1.54, 1.807) is 13.0 Å². The van der Waals surface area contributed by atoms with Gasteiger partial charge in [-0.05, 0) is 66.0 Å². The van der Waals surface area contributed by atoms with E-state index < -0.39 is 49.0 Å². The lowest BCUT2D eigenvalue weighted by Crippen LogP contribution is -2.60. The molecule has 0 amide bonds. The summed E-state index contributed by atoms with van der Waals surface area (Å²) in [5, 5.41) is 61.9. The second-order valence-corrected chi connectivity index (χ2v) is 11.3. The number of benzene rings is 4. The standard InChI is InChI=1S/C35H36O10/c1-19-15-23-16-24(34(42)43)17-26(44-35-33(41)32(40)30(38)27(18-36)45-35)29(23)31(39)28(19)25(37)14-13-22-10-6-5-9-21(22)12-11-20-7-3-2-4-8-20/h2-10,15-17,27,30,32-33,35-36,38-41H,11-14,18H2,1H3,(H,42,43)/t27-,30-,32+,33-,35+/m1/s1. The molecule has 4 aromatic rings. The number of phenolic OH excluding ortho intramolecular Hbond substituents is 1. The molecule has 6 N–H and O–H groups in total. The molecule has 1 aliphatic rings. The van der Waals surface area contributed by atoms with Gasteiger partial charge < -0.3 is 40.1 Å². The molecule has 10 nitrogen and oxygen atoms in total. The Labute approximate surface area is 259 Å². The summed E-state index contributed by atoms with van der Waals surface area (Å²) >= 11 is 0. The minimum Gasteiger partial charge on any atom is -0.506 e. The Hall–Kier alpha value is -4.32. The van der Waals surface area contributed by atoms with Crippen LogP contribution in [0.3, 0.4) is 0 Å². The van der Waals surface area contributed by atoms with Crippen LogP contribution in [0.4, 0.5) is 0 Å². The summed E-state index contributed by atoms with van der Waals surface area (Å²) in [5.41, 5.74) is 3.65. The predicted octanol–water partition coefficient (Wildman–Crippen LogP) is 3.33. The lowest BCUT2D eigenvalue weighted by Gasteiger charge is -2.39. The molecule has 1 fully saturated rings. The maximum atomic E-state index is 13.6. The highest BCUT2D eigenvalue weighted by Gasteiger charge is 2.45. The van der Waals surface area contributed by atoms with Crippen LogP contribution in [0.5, 0.6) is 11.5 Å². The lowest BCUT2D eigenvalue weighted by molar-refractivity contribution is -0.277. The second-order valence-electron chi connectivity index (χ2n) is 11.3. The number of phenols is 1. The third-order valence-corrected chi connectivity index (χ3v) is 8.26. The van der Waals surface area contributed by atoms with Gasteiger partial charge in [-0.2, -0.15) is 0 Å². The van der Waals surface area contributed by atoms with E-state index in [1.807, 2.05) is 42.5 Å². The molecule has 0 bridgehead atoms. The highest BCUT2D eigenvalue weighted by Crippen LogP contribution is 2.41. The number of carbonyl (C=O) groups is 2. The fraction of sp³-hybridized carbons (Fsp3) is 0.314. The summed E-state index contributed by atoms with van der Waals surface area (Å²) in [5.74, 6) is -2.28. The van der Waals surface area contributed by atoms with E-state index in [4.69, 9.17) is 9.47 Å². The maximum Gasteiger partial charge on any atom is 0.335 e. The van der Waals surface area contributed by atoms with Gasteiger partial charge in [-0.1, -0.05) is 60.7 Å². The van der Waals surface area contributed by atoms with E-state index in [-0.39, 0.29) is 39.9 Å². The van der Waals surface area contributed by atoms with Crippen LogP contribution in [0.25, 0.3) is 10.8 Å². The molecule has 0 aromatic heterocycles. The number of ether oxygens (including phenoxy) is 2. The number of Topliss-reactive ketones (excluding diaryl/α,β-unsaturated/α-hetero) is 1. The van der Waals surface area contributed by atoms with Gasteiger partial charge in [-0.25, -0.2) is 4.79 Å². The van der Waals surface area contributed by atoms with Crippen molar-refractivity contribution < 1.29 is 49.7 Å². The third kappa shape index (κ3) is 6.85. The second kappa shape index (κ2) is 13.8. The van der Waals surface area contributed by atoms with Crippen LogP contribution in [0.1, 0.15) is 49.4 Å². The summed E-state index contributed by atoms with van der Waals surface area (Å²) in [6.07, 6.45) is -5.86. The summed E-state index contributed by atoms with van der Waals surface area (Å²) < 4.78 is 11.2. The van der Waals surface area contributed by atoms with Crippen molar-refractivity contribution in [1.29, 1.82) is 0 Å². The van der Waals surface area contributed by atoms with Gasteiger partial charge in [0.25, 0.3) is 0 Å². The first-order chi connectivity index (χ1) is 21.6. The van der Waals surface area contributed by atoms with Crippen LogP contribution in [0.15, 0.2) is 72.8 Å². The maximum absolute atomic E-state index is 13.6. The number of fused-ring (bicyclic) bond motifs is 1. The summed E-state index contributed by atoms with van der Waals surface area (Å²) in [7, 11) is 0. The fourth-order valence-corrected chi connectivity index (χ4v) is 5.82. The number of aliphatic hydroxyl groups excluding tert-OH is 4. The SMILES string of the molecule is Cc1cc2cc(C(=O)O)cc(O[C@H]3O[C@H](CO)[C@@H](O)[C@H](O)[C@H]3O)c2c(O)c1C(=O)CCc1ccccc1CCc1ccccc1. The molecule has 5 rings (SSSR count). The van der Waals surface area contributed by atoms with Crippen LogP contribution < -0.4 is 4.74 Å². The van der Waals surface area contributed by atoms with Crippen molar-refractivity contribution in [1.82, 2.24) is 0 Å². The van der Waals surface area contributed by atoms with Crippen molar-refractivity contribution in [2.24, 2.45) is 0 Å². The number of aliphatic hydroxyl groups is 4. The van der Waals surface area contributed by atoms with E-state index in [0.29, 0.717) is 12.0 Å². The van der Waals surface area contributed by atoms with Crippen molar-refractivity contribution in [3.05, 3.63) is 106 Å². The van der Waals surface area contributed by atoms with E-state index in [1.165, 1.54) is 11.6 Å². The zero-order chi connectivity index (χ0) is 32.2. The van der Waals surface area contributed by atoms with Crippen molar-refractivity contribution >= 4 is 22.5 Å². The molecule has 0 radical (unpaired) electrons. The van der Waals surface area contributed by atoms with Crippen molar-refractivity contribution in [2.75, 3.05) is 6.61 Å². The normalized spacial score (nSPS) is 21.5. The minimum atomic E-state index is -1.78. The average molecular weight is 617 g/mol. The molecule has 10 heteroatoms. The Balaban J connectivity index is 1.44. The highest BCUT2D eigenvalue weighted by atomic mass is 16.7. The molecule has 1 heterocycles. The van der Waals surface area contributed by atoms with Gasteiger partial charge in [0.05, 0.1) is 23.1 Å². The van der Waals surface area contributed by atoms with Gasteiger partial charge in [0.2, 0.25) is 6.29 Å². The van der Waals surface area contributed by atoms with Gasteiger partial charge in [-0.15, -0.1) is 0 Å². The van der Waals surface area contributed by atoms with Crippen LogP contribution in [-0.4, -0.2) is 79.7 Å². The van der Waals surface area contributed by atoms with Crippen LogP contribution in [-0.2, 0) is 24.0 Å². The number of aromatic carboxylic acids is 1. The molecule has 5 atom stereocenters. The first kappa shape index (κ1) is 32.1. The number of hydrogen-bond acceptors (Lipinski definition) is 9. The smallest absolute Gasteiger partial charge is 0.335 e. The Morgan fingerprint density at radius 1 is 0.844 bits per heavy atom. The summed E-state index contributed by atoms with van der Waals surface area (Å²) in [6, 6.07) is 22.1. The highest BCUT2D eigenvalue weighted by molar-refractivity contribution is 6.09. The van der Waals surface area contributed by atoms with Crippen molar-refractivity contribution in [3.8, 4) is 11.5 Å². The Morgan fingerprint density at radius 2 is 1.51 bits per heavy atom. The van der Waals surface area contributed by atoms with Gasteiger partial charge in [0, 0.05) is 6.42 Å². The number of carbonyl (C=O) groups excluding carboxylic acids is 1. The number of carboxylic acid groups (broad SMARTS) is 1. The molecule has 0 saturated carbocycles. The Kier molecular flexibility index (Phi) is 9.81. The predicted molar refractivity (Wildman–Crippen MR) is 165 cm³/mol. The molecule has 0 unspecified atom stereocenters. The molecule has 0 spiro atoms. The molecular weight excluding hydrogens is 580 g/mol. The molecule has 45 heavy (non-hydrogen) atoms. The van der Waals surface area contributed by atoms with Crippen LogP contribution in [0, 0.1) is 6.92 Å². The Morgan fingerprint density at radius 3 is 2.18 bits per heavy atom. The van der Waals surface area contributed by atoms with Gasteiger partial charge in [0.1, 0.15) is 35.9 Å². The average Bonchev–Trinajstić information content (AvgIpc) is 3.03. The molecule has 1 saturated heterocycles. The van der Waals surface area contributed by atoms with E-state index in [0.717, 1.165) is 30.0 Å². The van der Waals surface area contributed by atoms with Gasteiger partial charge in [-0.3, -0.25) is 4.79 Å². The number of ketones is 1. The molecule has 4 aromatic carbocycles. The minimum absolute atomic E-state index is 0.00849. The molecule has 1 aliphatic heterocycles. The number of carboxylic acids is 1. The van der Waals surface area contributed by atoms with Gasteiger partial charge in [0.15, 0.2) is 5.78 Å². The summed E-state index contributed by atoms with van der Waals surface area (Å²) in [6.45, 7) is 0.949. The largest absolute Gasteiger partial charge is 0.506 e. The van der Waals surface area contributed by atoms with Crippen molar-refractivity contribution in [2.45, 2.75) is 63.3 Å². The summed E-state index contributed by atoms with van der Waals surface area (Å²) in [4.78, 5) is 25.5. The Bertz CT molecular complexity index is 1680. The van der Waals surface area contributed by atoms with Crippen LogP contribution in [0.2, 0.25) is 0 Å². The fourth-order valence-electron chi connectivity index (χ4n) is 5.82. The number of hydrogen-bond donors (Lipinski definition) is 6. The van der Waals surface area contributed by atoms with E-state index >= 15 is 0 Å². The van der Waals surface area contributed by atoms with Crippen molar-refractivity contribution in [3.63, 3.8) is 0 Å². The van der Waals surface area contributed by atoms with Gasteiger partial charge >= 0.3 is 5.97 Å². The molecular formula is C35H36O10. The zero-order valence-corrected chi connectivity index (χ0v) is 24.7. The van der Waals surface area contributed by atoms with E-state index in [9.17, 15) is 40.2 Å². The monoisotopic (exact) mass is 616 g/mol. The van der Waals surface area contributed by atoms with E-state index in [2.05, 4.69) is 12.1 Å². The number of aryl methyl sites for hydroxylation is 4. The molecule has 0 aliphatic carbocycles. The first-order valence-electron chi connectivity index (χ1n) is 14.7.